The lowest BCUT2D eigenvalue weighted by Crippen LogP contribution is -2.41. The van der Waals surface area contributed by atoms with Crippen LogP contribution in [0.1, 0.15) is 57.8 Å². The summed E-state index contributed by atoms with van der Waals surface area (Å²) in [6.07, 6.45) is 12.1. The van der Waals surface area contributed by atoms with Gasteiger partial charge in [0.05, 0.1) is 6.10 Å². The topological polar surface area (TPSA) is 45.7 Å². The zero-order valence-corrected chi connectivity index (χ0v) is 12.1. The maximum atomic E-state index is 5.92. The average molecular weight is 267 g/mol. The van der Waals surface area contributed by atoms with Crippen LogP contribution in [0, 0.1) is 0 Å². The van der Waals surface area contributed by atoms with Gasteiger partial charge in [0.25, 0.3) is 0 Å². The second-order valence-electron chi connectivity index (χ2n) is 5.63. The minimum absolute atomic E-state index is 0.563. The maximum absolute atomic E-state index is 5.92. The lowest BCUT2D eigenvalue weighted by Gasteiger charge is -2.21. The molecule has 1 heterocycles. The molecule has 0 bridgehead atoms. The van der Waals surface area contributed by atoms with Crippen molar-refractivity contribution in [1.29, 1.82) is 0 Å². The minimum atomic E-state index is 0.563. The van der Waals surface area contributed by atoms with Gasteiger partial charge in [0, 0.05) is 26.2 Å². The molecule has 0 unspecified atom stereocenters. The van der Waals surface area contributed by atoms with E-state index in [0.717, 1.165) is 38.6 Å². The first-order valence-corrected chi connectivity index (χ1v) is 8.09. The number of hydrogen-bond donors (Lipinski definition) is 2. The molecule has 2 rings (SSSR count). The van der Waals surface area contributed by atoms with Gasteiger partial charge in [-0.15, -0.1) is 0 Å². The maximum Gasteiger partial charge on any atom is 0.191 e. The van der Waals surface area contributed by atoms with Gasteiger partial charge in [-0.1, -0.05) is 19.3 Å². The second kappa shape index (κ2) is 9.18. The van der Waals surface area contributed by atoms with Crippen molar-refractivity contribution in [2.45, 2.75) is 63.9 Å². The van der Waals surface area contributed by atoms with Crippen LogP contribution in [0.4, 0.5) is 0 Å². The zero-order valence-electron chi connectivity index (χ0n) is 12.1. The lowest BCUT2D eigenvalue weighted by molar-refractivity contribution is 0.0264. The molecule has 0 spiro atoms. The Kier molecular flexibility index (Phi) is 7.07. The average Bonchev–Trinajstić information content (AvgIpc) is 2.48. The molecule has 0 atom stereocenters. The van der Waals surface area contributed by atoms with Gasteiger partial charge < -0.3 is 15.4 Å². The van der Waals surface area contributed by atoms with Gasteiger partial charge in [-0.25, -0.2) is 0 Å². The van der Waals surface area contributed by atoms with Gasteiger partial charge in [0.2, 0.25) is 0 Å². The van der Waals surface area contributed by atoms with Crippen LogP contribution in [0.15, 0.2) is 4.99 Å². The molecule has 1 aliphatic heterocycles. The third-order valence-corrected chi connectivity index (χ3v) is 3.92. The van der Waals surface area contributed by atoms with Gasteiger partial charge in [-0.2, -0.15) is 0 Å². The van der Waals surface area contributed by atoms with Crippen molar-refractivity contribution in [2.75, 3.05) is 26.2 Å². The Hall–Kier alpha value is -0.770. The summed E-state index contributed by atoms with van der Waals surface area (Å²) in [5, 5.41) is 6.64. The number of nitrogens with zero attached hydrogens (tertiary/aromatic N) is 1. The van der Waals surface area contributed by atoms with E-state index in [0.29, 0.717) is 6.10 Å². The molecule has 1 fully saturated rings. The Morgan fingerprint density at radius 3 is 2.79 bits per heavy atom. The van der Waals surface area contributed by atoms with Gasteiger partial charge in [-0.3, -0.25) is 4.99 Å². The fraction of sp³-hybridized carbons (Fsp3) is 0.933. The van der Waals surface area contributed by atoms with Crippen LogP contribution >= 0.6 is 0 Å². The van der Waals surface area contributed by atoms with E-state index in [9.17, 15) is 0 Å². The van der Waals surface area contributed by atoms with Crippen LogP contribution in [-0.2, 0) is 4.74 Å². The van der Waals surface area contributed by atoms with E-state index in [1.165, 1.54) is 51.4 Å². The smallest absolute Gasteiger partial charge is 0.191 e. The normalized spacial score (nSPS) is 20.7. The van der Waals surface area contributed by atoms with Crippen LogP contribution in [0.5, 0.6) is 0 Å². The highest BCUT2D eigenvalue weighted by molar-refractivity contribution is 5.80. The molecule has 0 aromatic heterocycles. The molecule has 0 aromatic carbocycles. The summed E-state index contributed by atoms with van der Waals surface area (Å²) < 4.78 is 5.92. The van der Waals surface area contributed by atoms with Crippen molar-refractivity contribution in [3.63, 3.8) is 0 Å². The zero-order chi connectivity index (χ0) is 13.2. The predicted molar refractivity (Wildman–Crippen MR) is 79.6 cm³/mol. The Balaban J connectivity index is 1.38. The molecular weight excluding hydrogens is 238 g/mol. The van der Waals surface area contributed by atoms with Gasteiger partial charge in [0.15, 0.2) is 5.96 Å². The predicted octanol–water partition coefficient (Wildman–Crippen LogP) is 2.44. The molecule has 0 amide bonds. The molecule has 19 heavy (non-hydrogen) atoms. The Morgan fingerprint density at radius 1 is 1.11 bits per heavy atom. The van der Waals surface area contributed by atoms with E-state index in [-0.39, 0.29) is 0 Å². The fourth-order valence-electron chi connectivity index (χ4n) is 2.74. The highest BCUT2D eigenvalue weighted by Crippen LogP contribution is 2.20. The summed E-state index contributed by atoms with van der Waals surface area (Å²) >= 11 is 0. The number of rotatable bonds is 7. The number of nitrogens with one attached hydrogen (secondary N) is 2. The van der Waals surface area contributed by atoms with Crippen molar-refractivity contribution in [3.8, 4) is 0 Å². The second-order valence-corrected chi connectivity index (χ2v) is 5.63. The van der Waals surface area contributed by atoms with E-state index in [2.05, 4.69) is 15.6 Å². The van der Waals surface area contributed by atoms with Crippen molar-refractivity contribution in [1.82, 2.24) is 10.6 Å². The highest BCUT2D eigenvalue weighted by Gasteiger charge is 2.12. The number of guanidine groups is 1. The van der Waals surface area contributed by atoms with Crippen LogP contribution in [0.3, 0.4) is 0 Å². The summed E-state index contributed by atoms with van der Waals surface area (Å²) in [6.45, 7) is 3.99. The van der Waals surface area contributed by atoms with Crippen molar-refractivity contribution in [2.24, 2.45) is 4.99 Å². The summed E-state index contributed by atoms with van der Waals surface area (Å²) in [7, 11) is 0. The number of hydrogen-bond acceptors (Lipinski definition) is 4. The summed E-state index contributed by atoms with van der Waals surface area (Å²) in [4.78, 5) is 4.39. The number of ether oxygens (including phenoxy) is 1. The molecule has 4 heteroatoms. The highest BCUT2D eigenvalue weighted by atomic mass is 16.5. The molecule has 2 N–H and O–H groups in total. The molecule has 4 nitrogen and oxygen atoms in total. The Morgan fingerprint density at radius 2 is 2.00 bits per heavy atom. The first-order valence-electron chi connectivity index (χ1n) is 8.09. The quantitative estimate of drug-likeness (QED) is 0.696. The molecule has 0 radical (unpaired) electrons. The number of aliphatic imine (C=N–C) groups is 1. The SMILES string of the molecule is C(CCNC1=NCCCN1)CCOC1CCCCC1. The van der Waals surface area contributed by atoms with Crippen LogP contribution in [0.2, 0.25) is 0 Å². The van der Waals surface area contributed by atoms with E-state index in [1.54, 1.807) is 0 Å². The molecule has 110 valence electrons. The van der Waals surface area contributed by atoms with E-state index in [4.69, 9.17) is 4.74 Å². The van der Waals surface area contributed by atoms with Crippen molar-refractivity contribution < 1.29 is 4.74 Å². The summed E-state index contributed by atoms with van der Waals surface area (Å²) in [5.74, 6) is 0.990. The van der Waals surface area contributed by atoms with E-state index >= 15 is 0 Å². The Bertz CT molecular complexity index is 262. The monoisotopic (exact) mass is 267 g/mol. The molecular formula is C15H29N3O. The minimum Gasteiger partial charge on any atom is -0.378 e. The van der Waals surface area contributed by atoms with Crippen LogP contribution < -0.4 is 10.6 Å². The van der Waals surface area contributed by atoms with Crippen LogP contribution in [0.25, 0.3) is 0 Å². The first kappa shape index (κ1) is 14.6. The van der Waals surface area contributed by atoms with Crippen LogP contribution in [-0.4, -0.2) is 38.3 Å². The standard InChI is InChI=1S/C15H29N3O/c1-3-8-14(9-4-1)19-13-6-2-5-10-16-15-17-11-7-12-18-15/h14H,1-13H2,(H2,16,17,18). The molecule has 2 aliphatic rings. The third-order valence-electron chi connectivity index (χ3n) is 3.92. The van der Waals surface area contributed by atoms with E-state index < -0.39 is 0 Å². The molecule has 1 aliphatic carbocycles. The summed E-state index contributed by atoms with van der Waals surface area (Å²) in [5.41, 5.74) is 0. The third kappa shape index (κ3) is 6.28. The van der Waals surface area contributed by atoms with Gasteiger partial charge in [-0.05, 0) is 38.5 Å². The van der Waals surface area contributed by atoms with Crippen molar-refractivity contribution >= 4 is 5.96 Å². The summed E-state index contributed by atoms with van der Waals surface area (Å²) in [6, 6.07) is 0. The van der Waals surface area contributed by atoms with Crippen molar-refractivity contribution in [3.05, 3.63) is 0 Å². The largest absolute Gasteiger partial charge is 0.378 e. The van der Waals surface area contributed by atoms with Gasteiger partial charge >= 0.3 is 0 Å². The lowest BCUT2D eigenvalue weighted by atomic mass is 9.98. The first-order chi connectivity index (χ1) is 9.45. The Labute approximate surface area is 117 Å². The number of unbranched alkanes of at least 4 members (excludes halogenated alkanes) is 2. The van der Waals surface area contributed by atoms with Gasteiger partial charge in [0.1, 0.15) is 0 Å². The van der Waals surface area contributed by atoms with E-state index in [1.807, 2.05) is 0 Å². The molecule has 0 aromatic rings. The molecule has 0 saturated heterocycles. The molecule has 1 saturated carbocycles. The fourth-order valence-corrected chi connectivity index (χ4v) is 2.74.